The van der Waals surface area contributed by atoms with Gasteiger partial charge in [-0.3, -0.25) is 4.79 Å². The zero-order valence-corrected chi connectivity index (χ0v) is 12.1. The van der Waals surface area contributed by atoms with Gasteiger partial charge in [-0.05, 0) is 24.5 Å². The van der Waals surface area contributed by atoms with E-state index in [1.165, 1.54) is 19.2 Å². The third kappa shape index (κ3) is 2.83. The number of nitrogens with one attached hydrogen (secondary N) is 1. The van der Waals surface area contributed by atoms with Crippen molar-refractivity contribution >= 4 is 11.9 Å². The fraction of sp³-hybridized carbons (Fsp3) is 0.467. The Balaban J connectivity index is 2.53. The maximum Gasteiger partial charge on any atom is 0.336 e. The van der Waals surface area contributed by atoms with Crippen LogP contribution in [0.25, 0.3) is 0 Å². The van der Waals surface area contributed by atoms with Crippen molar-refractivity contribution in [3.05, 3.63) is 34.9 Å². The first-order valence-electron chi connectivity index (χ1n) is 7.01. The van der Waals surface area contributed by atoms with E-state index in [1.54, 1.807) is 6.07 Å². The summed E-state index contributed by atoms with van der Waals surface area (Å²) in [5.41, 5.74) is 0.174. The molecule has 0 aromatic heterocycles. The summed E-state index contributed by atoms with van der Waals surface area (Å²) in [5, 5.41) is 41.3. The summed E-state index contributed by atoms with van der Waals surface area (Å²) in [7, 11) is 1.39. The Labute approximate surface area is 127 Å². The van der Waals surface area contributed by atoms with Crippen molar-refractivity contribution in [3.63, 3.8) is 0 Å². The van der Waals surface area contributed by atoms with Gasteiger partial charge < -0.3 is 25.7 Å². The third-order valence-corrected chi connectivity index (χ3v) is 4.11. The zero-order chi connectivity index (χ0) is 16.4. The third-order valence-electron chi connectivity index (χ3n) is 4.11. The van der Waals surface area contributed by atoms with Gasteiger partial charge in [-0.25, -0.2) is 4.79 Å². The number of hydrogen-bond acceptors (Lipinski definition) is 5. The summed E-state index contributed by atoms with van der Waals surface area (Å²) in [4.78, 5) is 23.4. The van der Waals surface area contributed by atoms with Gasteiger partial charge in [0.2, 0.25) is 0 Å². The standard InChI is InChI=1S/C15H19NO6/c1-16-14(20)11-7(3-2-4-9(11)15(21)22)8-5-6-10(17)13(19)12(8)18/h2-4,8,10,12-13,17-19H,5-6H2,1H3,(H,16,20)(H,21,22). The van der Waals surface area contributed by atoms with Crippen molar-refractivity contribution in [1.29, 1.82) is 0 Å². The molecule has 7 heteroatoms. The molecule has 1 aliphatic rings. The van der Waals surface area contributed by atoms with Crippen LogP contribution in [0.5, 0.6) is 0 Å². The molecular weight excluding hydrogens is 290 g/mol. The van der Waals surface area contributed by atoms with Crippen molar-refractivity contribution < 1.29 is 30.0 Å². The van der Waals surface area contributed by atoms with Crippen LogP contribution in [0.15, 0.2) is 18.2 Å². The number of aliphatic hydroxyl groups excluding tert-OH is 3. The van der Waals surface area contributed by atoms with Crippen LogP contribution >= 0.6 is 0 Å². The molecule has 0 saturated heterocycles. The average Bonchev–Trinajstić information content (AvgIpc) is 2.51. The van der Waals surface area contributed by atoms with E-state index in [2.05, 4.69) is 5.32 Å². The molecule has 0 radical (unpaired) electrons. The monoisotopic (exact) mass is 309 g/mol. The Bertz CT molecular complexity index is 587. The predicted molar refractivity (Wildman–Crippen MR) is 76.8 cm³/mol. The van der Waals surface area contributed by atoms with Gasteiger partial charge in [0.15, 0.2) is 0 Å². The number of aliphatic hydroxyl groups is 3. The first kappa shape index (κ1) is 16.4. The second-order valence-electron chi connectivity index (χ2n) is 5.39. The summed E-state index contributed by atoms with van der Waals surface area (Å²) in [6.07, 6.45) is -3.03. The molecule has 0 heterocycles. The van der Waals surface area contributed by atoms with Crippen LogP contribution < -0.4 is 5.32 Å². The topological polar surface area (TPSA) is 127 Å². The Morgan fingerprint density at radius 2 is 1.82 bits per heavy atom. The van der Waals surface area contributed by atoms with Crippen molar-refractivity contribution in [2.24, 2.45) is 0 Å². The molecule has 1 amide bonds. The number of rotatable bonds is 3. The molecule has 0 spiro atoms. The van der Waals surface area contributed by atoms with Gasteiger partial charge in [0.25, 0.3) is 5.91 Å². The average molecular weight is 309 g/mol. The predicted octanol–water partition coefficient (Wildman–Crippen LogP) is -0.296. The molecule has 22 heavy (non-hydrogen) atoms. The molecule has 0 aliphatic heterocycles. The molecule has 1 aliphatic carbocycles. The number of amides is 1. The lowest BCUT2D eigenvalue weighted by Gasteiger charge is -2.36. The second-order valence-corrected chi connectivity index (χ2v) is 5.39. The van der Waals surface area contributed by atoms with Crippen molar-refractivity contribution in [2.45, 2.75) is 37.1 Å². The molecule has 4 atom stereocenters. The Morgan fingerprint density at radius 1 is 1.14 bits per heavy atom. The lowest BCUT2D eigenvalue weighted by atomic mass is 9.76. The fourth-order valence-electron chi connectivity index (χ4n) is 2.93. The number of hydrogen-bond donors (Lipinski definition) is 5. The molecule has 1 fully saturated rings. The van der Waals surface area contributed by atoms with Gasteiger partial charge in [0, 0.05) is 13.0 Å². The Hall–Kier alpha value is -1.96. The molecule has 1 aromatic carbocycles. The first-order valence-corrected chi connectivity index (χ1v) is 7.01. The van der Waals surface area contributed by atoms with E-state index in [0.717, 1.165) is 0 Å². The lowest BCUT2D eigenvalue weighted by molar-refractivity contribution is -0.0942. The van der Waals surface area contributed by atoms with Crippen LogP contribution in [0.3, 0.4) is 0 Å². The Morgan fingerprint density at radius 3 is 2.41 bits per heavy atom. The number of carbonyl (C=O) groups is 2. The SMILES string of the molecule is CNC(=O)c1c(C(=O)O)cccc1C1CCC(O)C(O)C1O. The maximum absolute atomic E-state index is 12.1. The van der Waals surface area contributed by atoms with E-state index < -0.39 is 36.1 Å². The van der Waals surface area contributed by atoms with Gasteiger partial charge in [0.05, 0.1) is 23.3 Å². The number of aromatic carboxylic acids is 1. The highest BCUT2D eigenvalue weighted by atomic mass is 16.4. The highest BCUT2D eigenvalue weighted by Crippen LogP contribution is 2.36. The highest BCUT2D eigenvalue weighted by molar-refractivity contribution is 6.06. The zero-order valence-electron chi connectivity index (χ0n) is 12.1. The van der Waals surface area contributed by atoms with Gasteiger partial charge in [-0.1, -0.05) is 12.1 Å². The molecule has 2 rings (SSSR count). The first-order chi connectivity index (χ1) is 10.4. The van der Waals surface area contributed by atoms with Crippen molar-refractivity contribution in [1.82, 2.24) is 5.32 Å². The minimum Gasteiger partial charge on any atom is -0.478 e. The van der Waals surface area contributed by atoms with Crippen LogP contribution in [0.1, 0.15) is 45.0 Å². The summed E-state index contributed by atoms with van der Waals surface area (Å²) < 4.78 is 0. The summed E-state index contributed by atoms with van der Waals surface area (Å²) in [5.74, 6) is -2.43. The van der Waals surface area contributed by atoms with Crippen molar-refractivity contribution in [2.75, 3.05) is 7.05 Å². The van der Waals surface area contributed by atoms with Gasteiger partial charge in [0.1, 0.15) is 6.10 Å². The maximum atomic E-state index is 12.1. The fourth-order valence-corrected chi connectivity index (χ4v) is 2.93. The van der Waals surface area contributed by atoms with E-state index in [9.17, 15) is 30.0 Å². The van der Waals surface area contributed by atoms with Crippen LogP contribution in [0.2, 0.25) is 0 Å². The van der Waals surface area contributed by atoms with Crippen LogP contribution in [-0.2, 0) is 0 Å². The summed E-state index contributed by atoms with van der Waals surface area (Å²) >= 11 is 0. The molecule has 4 unspecified atom stereocenters. The molecule has 5 N–H and O–H groups in total. The van der Waals surface area contributed by atoms with E-state index in [0.29, 0.717) is 12.0 Å². The quantitative estimate of drug-likeness (QED) is 0.522. The smallest absolute Gasteiger partial charge is 0.336 e. The van der Waals surface area contributed by atoms with E-state index in [1.807, 2.05) is 0 Å². The van der Waals surface area contributed by atoms with Gasteiger partial charge in [-0.2, -0.15) is 0 Å². The number of carbonyl (C=O) groups excluding carboxylic acids is 1. The normalized spacial score (nSPS) is 28.2. The minimum absolute atomic E-state index is 0.0230. The minimum atomic E-state index is -1.33. The van der Waals surface area contributed by atoms with Gasteiger partial charge >= 0.3 is 5.97 Å². The van der Waals surface area contributed by atoms with Crippen molar-refractivity contribution in [3.8, 4) is 0 Å². The molecule has 7 nitrogen and oxygen atoms in total. The van der Waals surface area contributed by atoms with E-state index >= 15 is 0 Å². The number of carboxylic acids is 1. The van der Waals surface area contributed by atoms with Crippen LogP contribution in [0, 0.1) is 0 Å². The Kier molecular flexibility index (Phi) is 4.80. The molecule has 120 valence electrons. The highest BCUT2D eigenvalue weighted by Gasteiger charge is 2.39. The van der Waals surface area contributed by atoms with Crippen LogP contribution in [0.4, 0.5) is 0 Å². The molecular formula is C15H19NO6. The van der Waals surface area contributed by atoms with E-state index in [-0.39, 0.29) is 17.5 Å². The summed E-state index contributed by atoms with van der Waals surface area (Å²) in [6, 6.07) is 4.38. The lowest BCUT2D eigenvalue weighted by Crippen LogP contribution is -2.45. The number of benzene rings is 1. The van der Waals surface area contributed by atoms with Crippen LogP contribution in [-0.4, -0.2) is 57.7 Å². The second kappa shape index (κ2) is 6.43. The molecule has 1 saturated carbocycles. The number of carboxylic acid groups (broad SMARTS) is 1. The van der Waals surface area contributed by atoms with Gasteiger partial charge in [-0.15, -0.1) is 0 Å². The largest absolute Gasteiger partial charge is 0.478 e. The van der Waals surface area contributed by atoms with E-state index in [4.69, 9.17) is 0 Å². The molecule has 0 bridgehead atoms. The molecule has 1 aromatic rings. The summed E-state index contributed by atoms with van der Waals surface area (Å²) in [6.45, 7) is 0.